The monoisotopic (exact) mass is 147 g/mol. The molecule has 1 rings (SSSR count). The molecule has 56 valence electrons. The SMILES string of the molecule is Cc1cc(CN)cc(C#N)n1. The molecule has 2 N–H and O–H groups in total. The number of rotatable bonds is 1. The third-order valence-corrected chi connectivity index (χ3v) is 1.36. The highest BCUT2D eigenvalue weighted by Gasteiger charge is 1.96. The molecule has 0 atom stereocenters. The Morgan fingerprint density at radius 3 is 2.91 bits per heavy atom. The molecule has 0 aliphatic rings. The Morgan fingerprint density at radius 2 is 2.36 bits per heavy atom. The van der Waals surface area contributed by atoms with Crippen LogP contribution >= 0.6 is 0 Å². The lowest BCUT2D eigenvalue weighted by Gasteiger charge is -1.97. The van der Waals surface area contributed by atoms with Gasteiger partial charge in [-0.3, -0.25) is 0 Å². The van der Waals surface area contributed by atoms with E-state index in [0.717, 1.165) is 11.3 Å². The number of aromatic nitrogens is 1. The highest BCUT2D eigenvalue weighted by Crippen LogP contribution is 2.03. The summed E-state index contributed by atoms with van der Waals surface area (Å²) in [5, 5.41) is 8.53. The van der Waals surface area contributed by atoms with Crippen LogP contribution in [0.1, 0.15) is 17.0 Å². The molecule has 0 radical (unpaired) electrons. The van der Waals surface area contributed by atoms with E-state index in [1.54, 1.807) is 6.07 Å². The lowest BCUT2D eigenvalue weighted by molar-refractivity contribution is 1.03. The summed E-state index contributed by atoms with van der Waals surface area (Å²) >= 11 is 0. The zero-order chi connectivity index (χ0) is 8.27. The molecule has 0 aliphatic carbocycles. The fourth-order valence-corrected chi connectivity index (χ4v) is 0.915. The highest BCUT2D eigenvalue weighted by molar-refractivity contribution is 5.28. The Labute approximate surface area is 65.5 Å². The summed E-state index contributed by atoms with van der Waals surface area (Å²) in [6.45, 7) is 2.30. The van der Waals surface area contributed by atoms with Crippen LogP contribution < -0.4 is 5.73 Å². The van der Waals surface area contributed by atoms with Gasteiger partial charge in [0.25, 0.3) is 0 Å². The van der Waals surface area contributed by atoms with Gasteiger partial charge in [-0.25, -0.2) is 4.98 Å². The predicted octanol–water partition coefficient (Wildman–Crippen LogP) is 0.720. The lowest BCUT2D eigenvalue weighted by atomic mass is 10.2. The van der Waals surface area contributed by atoms with Crippen molar-refractivity contribution in [3.63, 3.8) is 0 Å². The normalized spacial score (nSPS) is 9.18. The zero-order valence-electron chi connectivity index (χ0n) is 6.33. The lowest BCUT2D eigenvalue weighted by Crippen LogP contribution is -1.99. The van der Waals surface area contributed by atoms with Crippen LogP contribution in [0.4, 0.5) is 0 Å². The molecular formula is C8H9N3. The summed E-state index contributed by atoms with van der Waals surface area (Å²) in [7, 11) is 0. The second kappa shape index (κ2) is 3.13. The maximum Gasteiger partial charge on any atom is 0.141 e. The second-order valence-corrected chi connectivity index (χ2v) is 2.32. The Hall–Kier alpha value is -1.40. The minimum Gasteiger partial charge on any atom is -0.326 e. The minimum absolute atomic E-state index is 0.436. The largest absolute Gasteiger partial charge is 0.326 e. The topological polar surface area (TPSA) is 62.7 Å². The quantitative estimate of drug-likeness (QED) is 0.636. The molecule has 0 aromatic carbocycles. The Morgan fingerprint density at radius 1 is 1.64 bits per heavy atom. The van der Waals surface area contributed by atoms with Crippen LogP contribution in [0.25, 0.3) is 0 Å². The van der Waals surface area contributed by atoms with Crippen molar-refractivity contribution in [1.82, 2.24) is 4.98 Å². The molecule has 0 spiro atoms. The van der Waals surface area contributed by atoms with Gasteiger partial charge in [-0.15, -0.1) is 0 Å². The van der Waals surface area contributed by atoms with Crippen LogP contribution in [0.15, 0.2) is 12.1 Å². The predicted molar refractivity (Wildman–Crippen MR) is 41.6 cm³/mol. The summed E-state index contributed by atoms with van der Waals surface area (Å²) in [5.74, 6) is 0. The van der Waals surface area contributed by atoms with E-state index in [1.807, 2.05) is 19.1 Å². The molecule has 1 aromatic rings. The standard InChI is InChI=1S/C8H9N3/c1-6-2-7(4-9)3-8(5-10)11-6/h2-3H,4,9H2,1H3. The third kappa shape index (κ3) is 1.76. The number of aryl methyl sites for hydroxylation is 1. The number of hydrogen-bond acceptors (Lipinski definition) is 3. The molecule has 1 heterocycles. The van der Waals surface area contributed by atoms with Crippen LogP contribution in [-0.2, 0) is 6.54 Å². The second-order valence-electron chi connectivity index (χ2n) is 2.32. The summed E-state index contributed by atoms with van der Waals surface area (Å²) in [4.78, 5) is 3.98. The number of hydrogen-bond donors (Lipinski definition) is 1. The molecule has 0 aliphatic heterocycles. The Kier molecular flexibility index (Phi) is 2.19. The smallest absolute Gasteiger partial charge is 0.141 e. The summed E-state index contributed by atoms with van der Waals surface area (Å²) in [5.41, 5.74) is 7.63. The average Bonchev–Trinajstić information content (AvgIpc) is 2.03. The van der Waals surface area contributed by atoms with Gasteiger partial charge in [0.15, 0.2) is 0 Å². The van der Waals surface area contributed by atoms with Crippen molar-refractivity contribution in [3.05, 3.63) is 29.1 Å². The fourth-order valence-electron chi connectivity index (χ4n) is 0.915. The van der Waals surface area contributed by atoms with E-state index in [0.29, 0.717) is 12.2 Å². The molecule has 11 heavy (non-hydrogen) atoms. The molecule has 0 bridgehead atoms. The van der Waals surface area contributed by atoms with Crippen LogP contribution in [0.2, 0.25) is 0 Å². The molecular weight excluding hydrogens is 138 g/mol. The molecule has 0 fully saturated rings. The first-order chi connectivity index (χ1) is 5.26. The Balaban J connectivity index is 3.15. The zero-order valence-corrected chi connectivity index (χ0v) is 6.33. The molecule has 3 nitrogen and oxygen atoms in total. The Bertz CT molecular complexity index is 299. The van der Waals surface area contributed by atoms with E-state index in [1.165, 1.54) is 0 Å². The molecule has 1 aromatic heterocycles. The summed E-state index contributed by atoms with van der Waals surface area (Å²) < 4.78 is 0. The number of nitrogens with zero attached hydrogens (tertiary/aromatic N) is 2. The maximum absolute atomic E-state index is 8.53. The van der Waals surface area contributed by atoms with Gasteiger partial charge in [0.2, 0.25) is 0 Å². The molecule has 0 saturated heterocycles. The fraction of sp³-hybridized carbons (Fsp3) is 0.250. The van der Waals surface area contributed by atoms with Crippen molar-refractivity contribution in [2.75, 3.05) is 0 Å². The molecule has 3 heteroatoms. The summed E-state index contributed by atoms with van der Waals surface area (Å²) in [6.07, 6.45) is 0. The van der Waals surface area contributed by atoms with Gasteiger partial charge < -0.3 is 5.73 Å². The van der Waals surface area contributed by atoms with Gasteiger partial charge >= 0.3 is 0 Å². The van der Waals surface area contributed by atoms with Gasteiger partial charge in [-0.2, -0.15) is 5.26 Å². The van der Waals surface area contributed by atoms with E-state index in [2.05, 4.69) is 4.98 Å². The van der Waals surface area contributed by atoms with E-state index in [9.17, 15) is 0 Å². The number of pyridine rings is 1. The van der Waals surface area contributed by atoms with E-state index in [4.69, 9.17) is 11.0 Å². The van der Waals surface area contributed by atoms with Gasteiger partial charge in [-0.05, 0) is 24.6 Å². The van der Waals surface area contributed by atoms with Gasteiger partial charge in [-0.1, -0.05) is 0 Å². The highest BCUT2D eigenvalue weighted by atomic mass is 14.7. The summed E-state index contributed by atoms with van der Waals surface area (Å²) in [6, 6.07) is 5.55. The van der Waals surface area contributed by atoms with Crippen LogP contribution in [-0.4, -0.2) is 4.98 Å². The van der Waals surface area contributed by atoms with Gasteiger partial charge in [0, 0.05) is 12.2 Å². The first-order valence-electron chi connectivity index (χ1n) is 3.34. The first-order valence-corrected chi connectivity index (χ1v) is 3.34. The van der Waals surface area contributed by atoms with Crippen molar-refractivity contribution in [3.8, 4) is 6.07 Å². The van der Waals surface area contributed by atoms with Gasteiger partial charge in [0.1, 0.15) is 11.8 Å². The van der Waals surface area contributed by atoms with Crippen LogP contribution in [0.5, 0.6) is 0 Å². The molecule has 0 amide bonds. The number of nitrogens with two attached hydrogens (primary N) is 1. The average molecular weight is 147 g/mol. The van der Waals surface area contributed by atoms with E-state index in [-0.39, 0.29) is 0 Å². The van der Waals surface area contributed by atoms with Crippen molar-refractivity contribution in [2.45, 2.75) is 13.5 Å². The van der Waals surface area contributed by atoms with Crippen LogP contribution in [0, 0.1) is 18.3 Å². The van der Waals surface area contributed by atoms with Crippen molar-refractivity contribution in [2.24, 2.45) is 5.73 Å². The van der Waals surface area contributed by atoms with Crippen LogP contribution in [0.3, 0.4) is 0 Å². The third-order valence-electron chi connectivity index (χ3n) is 1.36. The van der Waals surface area contributed by atoms with E-state index < -0.39 is 0 Å². The maximum atomic E-state index is 8.53. The van der Waals surface area contributed by atoms with Crippen molar-refractivity contribution < 1.29 is 0 Å². The van der Waals surface area contributed by atoms with E-state index >= 15 is 0 Å². The van der Waals surface area contributed by atoms with Crippen molar-refractivity contribution in [1.29, 1.82) is 5.26 Å². The van der Waals surface area contributed by atoms with Gasteiger partial charge in [0.05, 0.1) is 0 Å². The first kappa shape index (κ1) is 7.70. The molecule has 0 unspecified atom stereocenters. The molecule has 0 saturated carbocycles. The van der Waals surface area contributed by atoms with Crippen molar-refractivity contribution >= 4 is 0 Å². The number of nitriles is 1. The minimum atomic E-state index is 0.436.